The molecule has 2 amide bonds. The summed E-state index contributed by atoms with van der Waals surface area (Å²) in [5.74, 6) is 0.957. The molecule has 4 rings (SSSR count). The van der Waals surface area contributed by atoms with E-state index in [1.54, 1.807) is 7.11 Å². The smallest absolute Gasteiger partial charge is 0.245 e. The molecule has 0 aliphatic carbocycles. The molecule has 0 aromatic heterocycles. The number of methoxy groups -OCH3 is 1. The lowest BCUT2D eigenvalue weighted by atomic mass is 9.68. The second-order valence-corrected chi connectivity index (χ2v) is 11.6. The van der Waals surface area contributed by atoms with Crippen LogP contribution in [0.15, 0.2) is 54.6 Å². The number of ether oxygens (including phenoxy) is 1. The number of hydrogen-bond donors (Lipinski definition) is 3. The van der Waals surface area contributed by atoms with Crippen molar-refractivity contribution in [3.8, 4) is 5.75 Å². The second-order valence-electron chi connectivity index (χ2n) is 11.6. The van der Waals surface area contributed by atoms with Crippen LogP contribution < -0.4 is 21.1 Å². The second kappa shape index (κ2) is 14.6. The Bertz CT molecular complexity index is 1140. The fourth-order valence-corrected chi connectivity index (χ4v) is 6.34. The maximum Gasteiger partial charge on any atom is 0.245 e. The Morgan fingerprint density at radius 1 is 1.05 bits per heavy atom. The van der Waals surface area contributed by atoms with Gasteiger partial charge in [-0.2, -0.15) is 0 Å². The Labute approximate surface area is 244 Å². The maximum atomic E-state index is 14.0. The summed E-state index contributed by atoms with van der Waals surface area (Å²) in [4.78, 5) is 42.5. The number of benzene rings is 2. The first kappa shape index (κ1) is 30.7. The first-order valence-corrected chi connectivity index (χ1v) is 15.1. The number of carbonyl (C=O) groups is 3. The number of hydrogen-bond acceptors (Lipinski definition) is 6. The van der Waals surface area contributed by atoms with Crippen molar-refractivity contribution >= 4 is 17.6 Å². The summed E-state index contributed by atoms with van der Waals surface area (Å²) in [6.45, 7) is 4.83. The molecule has 2 atom stereocenters. The van der Waals surface area contributed by atoms with E-state index in [1.807, 2.05) is 66.4 Å². The topological polar surface area (TPSA) is 114 Å². The number of nitrogens with zero attached hydrogens (tertiary/aromatic N) is 1. The van der Waals surface area contributed by atoms with E-state index in [1.165, 1.54) is 0 Å². The van der Waals surface area contributed by atoms with E-state index in [4.69, 9.17) is 10.5 Å². The Morgan fingerprint density at radius 3 is 2.32 bits per heavy atom. The predicted octanol–water partition coefficient (Wildman–Crippen LogP) is 3.37. The van der Waals surface area contributed by atoms with Gasteiger partial charge in [-0.05, 0) is 80.8 Å². The molecule has 4 N–H and O–H groups in total. The van der Waals surface area contributed by atoms with Crippen molar-refractivity contribution in [2.45, 2.75) is 75.8 Å². The summed E-state index contributed by atoms with van der Waals surface area (Å²) in [5, 5.41) is 6.35. The Hall–Kier alpha value is -3.23. The van der Waals surface area contributed by atoms with Crippen molar-refractivity contribution in [3.05, 3.63) is 65.7 Å². The summed E-state index contributed by atoms with van der Waals surface area (Å²) in [6, 6.07) is 16.1. The molecule has 0 saturated carbocycles. The monoisotopic (exact) mass is 562 g/mol. The lowest BCUT2D eigenvalue weighted by Crippen LogP contribution is -2.57. The summed E-state index contributed by atoms with van der Waals surface area (Å²) < 4.78 is 5.28. The van der Waals surface area contributed by atoms with Crippen molar-refractivity contribution in [2.75, 3.05) is 33.3 Å². The highest BCUT2D eigenvalue weighted by molar-refractivity contribution is 5.92. The van der Waals surface area contributed by atoms with E-state index < -0.39 is 17.5 Å². The van der Waals surface area contributed by atoms with E-state index in [2.05, 4.69) is 10.6 Å². The van der Waals surface area contributed by atoms with Crippen LogP contribution in [0.25, 0.3) is 0 Å². The van der Waals surface area contributed by atoms with Crippen LogP contribution in [0.2, 0.25) is 0 Å². The molecule has 2 aromatic rings. The fourth-order valence-electron chi connectivity index (χ4n) is 6.34. The first-order chi connectivity index (χ1) is 19.9. The van der Waals surface area contributed by atoms with Crippen molar-refractivity contribution in [3.63, 3.8) is 0 Å². The third-order valence-electron chi connectivity index (χ3n) is 8.86. The highest BCUT2D eigenvalue weighted by Gasteiger charge is 2.43. The van der Waals surface area contributed by atoms with Gasteiger partial charge in [0.05, 0.1) is 18.6 Å². The van der Waals surface area contributed by atoms with Crippen LogP contribution in [0.1, 0.15) is 63.0 Å². The van der Waals surface area contributed by atoms with Gasteiger partial charge in [-0.25, -0.2) is 0 Å². The zero-order valence-corrected chi connectivity index (χ0v) is 24.6. The number of piperidine rings is 2. The average Bonchev–Trinajstić information content (AvgIpc) is 3.01. The summed E-state index contributed by atoms with van der Waals surface area (Å²) in [6.07, 6.45) is 5.42. The number of nitrogens with one attached hydrogen (secondary N) is 2. The van der Waals surface area contributed by atoms with Crippen molar-refractivity contribution in [1.82, 2.24) is 15.5 Å². The standard InChI is InChI=1S/C33H46N4O4/c1-3-7-30(38)33(26-8-5-4-6-9-26)16-20-37(21-17-33)32(40)29(23-24-10-12-27(41-2)13-11-24)36-31(39)28(34)22-25-14-18-35-19-15-25/h4-6,8-13,25,28-29,35H,3,7,14-23,34H2,1-2H3,(H,36,39)/t28-,29+/m0/s1. The van der Waals surface area contributed by atoms with Gasteiger partial charge in [0.15, 0.2) is 0 Å². The lowest BCUT2D eigenvalue weighted by Gasteiger charge is -2.42. The van der Waals surface area contributed by atoms with Crippen LogP contribution in [0.4, 0.5) is 0 Å². The van der Waals surface area contributed by atoms with Gasteiger partial charge in [-0.3, -0.25) is 14.4 Å². The van der Waals surface area contributed by atoms with Crippen molar-refractivity contribution < 1.29 is 19.1 Å². The molecule has 222 valence electrons. The van der Waals surface area contributed by atoms with Gasteiger partial charge in [0, 0.05) is 25.9 Å². The molecule has 0 unspecified atom stereocenters. The number of likely N-dealkylation sites (tertiary alicyclic amines) is 1. The highest BCUT2D eigenvalue weighted by Crippen LogP contribution is 2.38. The van der Waals surface area contributed by atoms with Crippen LogP contribution in [-0.4, -0.2) is 67.9 Å². The van der Waals surface area contributed by atoms with Crippen molar-refractivity contribution in [2.24, 2.45) is 11.7 Å². The van der Waals surface area contributed by atoms with E-state index in [-0.39, 0.29) is 17.6 Å². The molecule has 2 aliphatic rings. The fraction of sp³-hybridized carbons (Fsp3) is 0.545. The number of amides is 2. The minimum atomic E-state index is -0.745. The minimum Gasteiger partial charge on any atom is -0.497 e. The molecule has 0 spiro atoms. The number of ketones is 1. The zero-order valence-electron chi connectivity index (χ0n) is 24.6. The molecule has 41 heavy (non-hydrogen) atoms. The van der Waals surface area contributed by atoms with E-state index in [0.29, 0.717) is 51.1 Å². The quantitative estimate of drug-likeness (QED) is 0.366. The lowest BCUT2D eigenvalue weighted by molar-refractivity contribution is -0.140. The number of rotatable bonds is 12. The summed E-state index contributed by atoms with van der Waals surface area (Å²) in [7, 11) is 1.61. The SMILES string of the molecule is CCCC(=O)C1(c2ccccc2)CCN(C(=O)[C@@H](Cc2ccc(OC)cc2)NC(=O)[C@@H](N)CC2CCNCC2)CC1. The van der Waals surface area contributed by atoms with Gasteiger partial charge >= 0.3 is 0 Å². The molecule has 8 heteroatoms. The Morgan fingerprint density at radius 2 is 1.71 bits per heavy atom. The van der Waals surface area contributed by atoms with E-state index >= 15 is 0 Å². The molecule has 2 aliphatic heterocycles. The highest BCUT2D eigenvalue weighted by atomic mass is 16.5. The van der Waals surface area contributed by atoms with Gasteiger partial charge in [0.25, 0.3) is 0 Å². The number of Topliss-reactive ketones (excluding diaryl/α,β-unsaturated/α-hetero) is 1. The average molecular weight is 563 g/mol. The number of nitrogens with two attached hydrogens (primary N) is 1. The Balaban J connectivity index is 1.49. The molecule has 2 saturated heterocycles. The summed E-state index contributed by atoms with van der Waals surface area (Å²) in [5.41, 5.74) is 7.72. The molecular formula is C33H46N4O4. The van der Waals surface area contributed by atoms with Gasteiger partial charge in [-0.1, -0.05) is 49.4 Å². The first-order valence-electron chi connectivity index (χ1n) is 15.1. The van der Waals surface area contributed by atoms with E-state index in [0.717, 1.165) is 49.2 Å². The van der Waals surface area contributed by atoms with Gasteiger partial charge in [-0.15, -0.1) is 0 Å². The van der Waals surface area contributed by atoms with Crippen LogP contribution >= 0.6 is 0 Å². The summed E-state index contributed by atoms with van der Waals surface area (Å²) >= 11 is 0. The minimum absolute atomic E-state index is 0.132. The van der Waals surface area contributed by atoms with Crippen molar-refractivity contribution in [1.29, 1.82) is 0 Å². The Kier molecular flexibility index (Phi) is 10.9. The normalized spacial score (nSPS) is 18.8. The maximum absolute atomic E-state index is 14.0. The molecule has 0 radical (unpaired) electrons. The molecule has 2 fully saturated rings. The molecule has 2 aromatic carbocycles. The molecule has 0 bridgehead atoms. The van der Waals surface area contributed by atoms with Crippen LogP contribution in [0.3, 0.4) is 0 Å². The third kappa shape index (κ3) is 7.74. The molecule has 8 nitrogen and oxygen atoms in total. The predicted molar refractivity (Wildman–Crippen MR) is 161 cm³/mol. The zero-order chi connectivity index (χ0) is 29.2. The molecular weight excluding hydrogens is 516 g/mol. The van der Waals surface area contributed by atoms with Crippen LogP contribution in [0.5, 0.6) is 5.75 Å². The molecule has 2 heterocycles. The number of carbonyl (C=O) groups excluding carboxylic acids is 3. The van der Waals surface area contributed by atoms with Crippen LogP contribution in [-0.2, 0) is 26.2 Å². The van der Waals surface area contributed by atoms with Gasteiger partial charge in [0.2, 0.25) is 11.8 Å². The van der Waals surface area contributed by atoms with E-state index in [9.17, 15) is 14.4 Å². The third-order valence-corrected chi connectivity index (χ3v) is 8.86. The van der Waals surface area contributed by atoms with Crippen LogP contribution in [0, 0.1) is 5.92 Å². The van der Waals surface area contributed by atoms with Gasteiger partial charge in [0.1, 0.15) is 17.6 Å². The largest absolute Gasteiger partial charge is 0.497 e. The van der Waals surface area contributed by atoms with Gasteiger partial charge < -0.3 is 26.0 Å².